The summed E-state index contributed by atoms with van der Waals surface area (Å²) in [6.07, 6.45) is 1.50. The Morgan fingerprint density at radius 2 is 1.65 bits per heavy atom. The van der Waals surface area contributed by atoms with Crippen molar-refractivity contribution < 1.29 is 5.11 Å². The highest BCUT2D eigenvalue weighted by molar-refractivity contribution is 6.31. The maximum absolute atomic E-state index is 10.2. The molecular weight excluding hydrogens is 270 g/mol. The highest BCUT2D eigenvalue weighted by Gasteiger charge is 2.21. The molecule has 2 nitrogen and oxygen atoms in total. The van der Waals surface area contributed by atoms with E-state index in [0.717, 1.165) is 18.4 Å². The molecule has 1 unspecified atom stereocenters. The van der Waals surface area contributed by atoms with Crippen LogP contribution in [-0.4, -0.2) is 17.7 Å². The van der Waals surface area contributed by atoms with Gasteiger partial charge in [-0.2, -0.15) is 0 Å². The number of halogens is 1. The van der Waals surface area contributed by atoms with Gasteiger partial charge < -0.3 is 10.4 Å². The molecule has 1 atom stereocenters. The molecule has 0 bridgehead atoms. The summed E-state index contributed by atoms with van der Waals surface area (Å²) in [6, 6.07) is 16.4. The van der Waals surface area contributed by atoms with E-state index in [1.54, 1.807) is 0 Å². The van der Waals surface area contributed by atoms with Crippen LogP contribution in [0.2, 0.25) is 5.02 Å². The Bertz CT molecular complexity index is 574. The molecule has 20 heavy (non-hydrogen) atoms. The van der Waals surface area contributed by atoms with Gasteiger partial charge in [0.05, 0.1) is 6.10 Å². The summed E-state index contributed by atoms with van der Waals surface area (Å²) in [5, 5.41) is 14.3. The molecule has 2 aromatic rings. The number of nitrogens with one attached hydrogen (secondary N) is 1. The Morgan fingerprint density at radius 3 is 2.30 bits per heavy atom. The first kappa shape index (κ1) is 13.6. The number of fused-ring (bicyclic) bond motifs is 1. The van der Waals surface area contributed by atoms with E-state index >= 15 is 0 Å². The van der Waals surface area contributed by atoms with Crippen LogP contribution in [0.1, 0.15) is 22.8 Å². The molecule has 0 fully saturated rings. The van der Waals surface area contributed by atoms with Crippen LogP contribution in [0, 0.1) is 0 Å². The van der Waals surface area contributed by atoms with Crippen LogP contribution in [0.15, 0.2) is 48.5 Å². The Labute approximate surface area is 124 Å². The molecule has 1 aliphatic carbocycles. The van der Waals surface area contributed by atoms with Crippen molar-refractivity contribution in [1.82, 2.24) is 5.32 Å². The lowest BCUT2D eigenvalue weighted by Gasteiger charge is -2.17. The molecule has 0 saturated carbocycles. The predicted octanol–water partition coefficient (Wildman–Crippen LogP) is 3.13. The second-order valence-electron chi connectivity index (χ2n) is 5.32. The number of hydrogen-bond donors (Lipinski definition) is 2. The number of aliphatic hydroxyl groups excluding tert-OH is 1. The van der Waals surface area contributed by atoms with Crippen LogP contribution < -0.4 is 5.32 Å². The average Bonchev–Trinajstić information content (AvgIpc) is 2.88. The van der Waals surface area contributed by atoms with Crippen molar-refractivity contribution in [2.45, 2.75) is 25.0 Å². The van der Waals surface area contributed by atoms with Gasteiger partial charge in [-0.05, 0) is 30.0 Å². The van der Waals surface area contributed by atoms with Gasteiger partial charge in [0, 0.05) is 23.2 Å². The quantitative estimate of drug-likeness (QED) is 0.905. The Kier molecular flexibility index (Phi) is 4.06. The fraction of sp³-hybridized carbons (Fsp3) is 0.294. The van der Waals surface area contributed by atoms with Crippen LogP contribution in [0.25, 0.3) is 0 Å². The summed E-state index contributed by atoms with van der Waals surface area (Å²) in [6.45, 7) is 0.530. The zero-order chi connectivity index (χ0) is 13.9. The zero-order valence-corrected chi connectivity index (χ0v) is 12.0. The molecule has 1 aliphatic rings. The smallest absolute Gasteiger partial charge is 0.0928 e. The van der Waals surface area contributed by atoms with Gasteiger partial charge in [0.15, 0.2) is 0 Å². The molecule has 3 rings (SSSR count). The zero-order valence-electron chi connectivity index (χ0n) is 11.2. The summed E-state index contributed by atoms with van der Waals surface area (Å²) < 4.78 is 0. The van der Waals surface area contributed by atoms with Crippen molar-refractivity contribution in [3.8, 4) is 0 Å². The van der Waals surface area contributed by atoms with E-state index in [9.17, 15) is 5.11 Å². The first-order valence-electron chi connectivity index (χ1n) is 6.96. The minimum Gasteiger partial charge on any atom is -0.387 e. The van der Waals surface area contributed by atoms with Gasteiger partial charge in [-0.3, -0.25) is 0 Å². The molecule has 0 radical (unpaired) electrons. The summed E-state index contributed by atoms with van der Waals surface area (Å²) in [5.74, 6) is 0. The Hall–Kier alpha value is -1.35. The van der Waals surface area contributed by atoms with Crippen LogP contribution >= 0.6 is 11.6 Å². The van der Waals surface area contributed by atoms with Gasteiger partial charge in [0.2, 0.25) is 0 Å². The minimum absolute atomic E-state index is 0.407. The lowest BCUT2D eigenvalue weighted by atomic mass is 10.1. The molecule has 3 heteroatoms. The van der Waals surface area contributed by atoms with Crippen molar-refractivity contribution in [2.75, 3.05) is 6.54 Å². The monoisotopic (exact) mass is 287 g/mol. The normalized spacial score (nSPS) is 16.1. The van der Waals surface area contributed by atoms with Gasteiger partial charge in [0.1, 0.15) is 0 Å². The molecular formula is C17H18ClNO. The molecule has 0 aromatic heterocycles. The topological polar surface area (TPSA) is 32.3 Å². The summed E-state index contributed by atoms with van der Waals surface area (Å²) in [7, 11) is 0. The third-order valence-electron chi connectivity index (χ3n) is 3.92. The lowest BCUT2D eigenvalue weighted by Crippen LogP contribution is -2.33. The number of rotatable bonds is 4. The van der Waals surface area contributed by atoms with Crippen LogP contribution in [-0.2, 0) is 12.8 Å². The van der Waals surface area contributed by atoms with Crippen molar-refractivity contribution in [3.05, 3.63) is 70.2 Å². The Balaban J connectivity index is 1.58. The molecule has 0 saturated heterocycles. The average molecular weight is 288 g/mol. The van der Waals surface area contributed by atoms with Crippen LogP contribution in [0.5, 0.6) is 0 Å². The van der Waals surface area contributed by atoms with Gasteiger partial charge in [-0.25, -0.2) is 0 Å². The second-order valence-corrected chi connectivity index (χ2v) is 5.73. The van der Waals surface area contributed by atoms with Gasteiger partial charge in [0.25, 0.3) is 0 Å². The highest BCUT2D eigenvalue weighted by Crippen LogP contribution is 2.24. The maximum atomic E-state index is 10.2. The van der Waals surface area contributed by atoms with E-state index < -0.39 is 6.10 Å². The van der Waals surface area contributed by atoms with Crippen LogP contribution in [0.4, 0.5) is 0 Å². The van der Waals surface area contributed by atoms with E-state index in [-0.39, 0.29) is 0 Å². The number of aliphatic hydroxyl groups is 1. The van der Waals surface area contributed by atoms with Crippen molar-refractivity contribution in [3.63, 3.8) is 0 Å². The highest BCUT2D eigenvalue weighted by atomic mass is 35.5. The molecule has 104 valence electrons. The molecule has 2 N–H and O–H groups in total. The van der Waals surface area contributed by atoms with Gasteiger partial charge in [-0.15, -0.1) is 0 Å². The summed E-state index contributed by atoms with van der Waals surface area (Å²) in [5.41, 5.74) is 3.62. The minimum atomic E-state index is -0.563. The standard InChI is InChI=1S/C17H18ClNO/c18-16-8-4-3-7-15(16)17(20)11-19-14-9-12-5-1-2-6-13(12)10-14/h1-8,14,17,19-20H,9-11H2. The van der Waals surface area contributed by atoms with Crippen molar-refractivity contribution in [2.24, 2.45) is 0 Å². The number of benzene rings is 2. The molecule has 0 heterocycles. The third-order valence-corrected chi connectivity index (χ3v) is 4.26. The van der Waals surface area contributed by atoms with E-state index in [4.69, 9.17) is 11.6 Å². The molecule has 0 spiro atoms. The van der Waals surface area contributed by atoms with Crippen molar-refractivity contribution >= 4 is 11.6 Å². The molecule has 2 aromatic carbocycles. The summed E-state index contributed by atoms with van der Waals surface area (Å²) in [4.78, 5) is 0. The number of hydrogen-bond acceptors (Lipinski definition) is 2. The fourth-order valence-electron chi connectivity index (χ4n) is 2.84. The lowest BCUT2D eigenvalue weighted by molar-refractivity contribution is 0.170. The maximum Gasteiger partial charge on any atom is 0.0928 e. The van der Waals surface area contributed by atoms with Gasteiger partial charge >= 0.3 is 0 Å². The van der Waals surface area contributed by atoms with E-state index in [2.05, 4.69) is 29.6 Å². The van der Waals surface area contributed by atoms with E-state index in [1.807, 2.05) is 24.3 Å². The van der Waals surface area contributed by atoms with Crippen LogP contribution in [0.3, 0.4) is 0 Å². The largest absolute Gasteiger partial charge is 0.387 e. The molecule has 0 aliphatic heterocycles. The first-order valence-corrected chi connectivity index (χ1v) is 7.34. The predicted molar refractivity (Wildman–Crippen MR) is 82.1 cm³/mol. The Morgan fingerprint density at radius 1 is 1.05 bits per heavy atom. The van der Waals surface area contributed by atoms with Crippen molar-refractivity contribution in [1.29, 1.82) is 0 Å². The SMILES string of the molecule is OC(CNC1Cc2ccccc2C1)c1ccccc1Cl. The van der Waals surface area contributed by atoms with E-state index in [0.29, 0.717) is 17.6 Å². The molecule has 0 amide bonds. The second kappa shape index (κ2) is 5.96. The third kappa shape index (κ3) is 2.88. The van der Waals surface area contributed by atoms with E-state index in [1.165, 1.54) is 11.1 Å². The first-order chi connectivity index (χ1) is 9.74. The van der Waals surface area contributed by atoms with Gasteiger partial charge in [-0.1, -0.05) is 54.1 Å². The fourth-order valence-corrected chi connectivity index (χ4v) is 3.10. The summed E-state index contributed by atoms with van der Waals surface area (Å²) >= 11 is 6.10.